The molecule has 1 aromatic carbocycles. The van der Waals surface area contributed by atoms with E-state index in [0.29, 0.717) is 12.1 Å². The van der Waals surface area contributed by atoms with Gasteiger partial charge in [0, 0.05) is 31.0 Å². The van der Waals surface area contributed by atoms with E-state index < -0.39 is 0 Å². The zero-order valence-electron chi connectivity index (χ0n) is 15.3. The van der Waals surface area contributed by atoms with Crippen LogP contribution in [0.5, 0.6) is 0 Å². The number of aryl methyl sites for hydroxylation is 2. The smallest absolute Gasteiger partial charge is 0.274 e. The van der Waals surface area contributed by atoms with Crippen LogP contribution in [0.1, 0.15) is 51.7 Å². The summed E-state index contributed by atoms with van der Waals surface area (Å²) in [6.07, 6.45) is 3.48. The second kappa shape index (κ2) is 8.42. The van der Waals surface area contributed by atoms with Crippen LogP contribution < -0.4 is 5.32 Å². The molecule has 5 nitrogen and oxygen atoms in total. The predicted octanol–water partition coefficient (Wildman–Crippen LogP) is 3.82. The highest BCUT2D eigenvalue weighted by molar-refractivity contribution is 6.05. The molecular formula is C20H25N3O2. The van der Waals surface area contributed by atoms with E-state index in [1.54, 1.807) is 24.1 Å². The molecule has 0 unspecified atom stereocenters. The zero-order chi connectivity index (χ0) is 18.4. The van der Waals surface area contributed by atoms with E-state index in [9.17, 15) is 9.59 Å². The van der Waals surface area contributed by atoms with Gasteiger partial charge in [0.25, 0.3) is 11.8 Å². The SMILES string of the molecule is CCCCN(C)C(=O)c1ccnc(C(=O)Nc2cc(C)ccc2C)c1. The van der Waals surface area contributed by atoms with Crippen molar-refractivity contribution in [1.29, 1.82) is 0 Å². The molecule has 0 saturated heterocycles. The summed E-state index contributed by atoms with van der Waals surface area (Å²) < 4.78 is 0. The maximum absolute atomic E-state index is 12.5. The molecule has 132 valence electrons. The van der Waals surface area contributed by atoms with Gasteiger partial charge < -0.3 is 10.2 Å². The topological polar surface area (TPSA) is 62.3 Å². The minimum Gasteiger partial charge on any atom is -0.342 e. The largest absolute Gasteiger partial charge is 0.342 e. The fourth-order valence-electron chi connectivity index (χ4n) is 2.46. The number of nitrogens with zero attached hydrogens (tertiary/aromatic N) is 2. The Hall–Kier alpha value is -2.69. The van der Waals surface area contributed by atoms with Crippen LogP contribution in [0.2, 0.25) is 0 Å². The molecule has 25 heavy (non-hydrogen) atoms. The number of carbonyl (C=O) groups excluding carboxylic acids is 2. The van der Waals surface area contributed by atoms with E-state index in [1.165, 1.54) is 6.20 Å². The Morgan fingerprint density at radius 2 is 1.92 bits per heavy atom. The first-order valence-corrected chi connectivity index (χ1v) is 8.52. The number of hydrogen-bond donors (Lipinski definition) is 1. The lowest BCUT2D eigenvalue weighted by atomic mass is 10.1. The minimum atomic E-state index is -0.320. The van der Waals surface area contributed by atoms with Crippen LogP contribution in [0.4, 0.5) is 5.69 Å². The van der Waals surface area contributed by atoms with Crippen molar-refractivity contribution >= 4 is 17.5 Å². The number of rotatable bonds is 6. The van der Waals surface area contributed by atoms with Crippen LogP contribution in [0.15, 0.2) is 36.5 Å². The Balaban J connectivity index is 2.16. The van der Waals surface area contributed by atoms with E-state index >= 15 is 0 Å². The second-order valence-electron chi connectivity index (χ2n) is 6.28. The maximum Gasteiger partial charge on any atom is 0.274 e. The van der Waals surface area contributed by atoms with Gasteiger partial charge in [-0.2, -0.15) is 0 Å². The summed E-state index contributed by atoms with van der Waals surface area (Å²) >= 11 is 0. The highest BCUT2D eigenvalue weighted by Gasteiger charge is 2.15. The van der Waals surface area contributed by atoms with Crippen molar-refractivity contribution in [2.75, 3.05) is 18.9 Å². The van der Waals surface area contributed by atoms with E-state index in [2.05, 4.69) is 17.2 Å². The van der Waals surface area contributed by atoms with E-state index in [-0.39, 0.29) is 17.5 Å². The normalized spacial score (nSPS) is 10.4. The number of carbonyl (C=O) groups is 2. The summed E-state index contributed by atoms with van der Waals surface area (Å²) in [6.45, 7) is 6.69. The average molecular weight is 339 g/mol. The van der Waals surface area contributed by atoms with E-state index in [4.69, 9.17) is 0 Å². The molecule has 0 saturated carbocycles. The molecule has 1 N–H and O–H groups in total. The van der Waals surface area contributed by atoms with Gasteiger partial charge in [0.2, 0.25) is 0 Å². The number of aromatic nitrogens is 1. The molecule has 0 spiro atoms. The lowest BCUT2D eigenvalue weighted by Gasteiger charge is -2.17. The van der Waals surface area contributed by atoms with E-state index in [0.717, 1.165) is 29.7 Å². The molecule has 2 amide bonds. The summed E-state index contributed by atoms with van der Waals surface area (Å²) in [7, 11) is 1.77. The number of unbranched alkanes of at least 4 members (excludes halogenated alkanes) is 1. The van der Waals surface area contributed by atoms with Gasteiger partial charge in [-0.05, 0) is 49.6 Å². The van der Waals surface area contributed by atoms with Crippen LogP contribution in [0, 0.1) is 13.8 Å². The van der Waals surface area contributed by atoms with Gasteiger partial charge in [-0.3, -0.25) is 14.6 Å². The molecule has 0 radical (unpaired) electrons. The van der Waals surface area contributed by atoms with Gasteiger partial charge >= 0.3 is 0 Å². The molecule has 0 fully saturated rings. The number of benzene rings is 1. The van der Waals surface area contributed by atoms with Gasteiger partial charge in [-0.1, -0.05) is 25.5 Å². The third kappa shape index (κ3) is 4.89. The Morgan fingerprint density at radius 1 is 1.16 bits per heavy atom. The number of anilines is 1. The Labute approximate surface area is 149 Å². The van der Waals surface area contributed by atoms with Crippen molar-refractivity contribution in [2.24, 2.45) is 0 Å². The molecule has 0 bridgehead atoms. The van der Waals surface area contributed by atoms with Crippen molar-refractivity contribution in [3.8, 4) is 0 Å². The van der Waals surface area contributed by atoms with Crippen LogP contribution >= 0.6 is 0 Å². The average Bonchev–Trinajstić information content (AvgIpc) is 2.62. The van der Waals surface area contributed by atoms with Crippen LogP contribution in [0.3, 0.4) is 0 Å². The molecule has 0 aliphatic carbocycles. The highest BCUT2D eigenvalue weighted by atomic mass is 16.2. The van der Waals surface area contributed by atoms with Gasteiger partial charge in [-0.25, -0.2) is 0 Å². The molecular weight excluding hydrogens is 314 g/mol. The number of hydrogen-bond acceptors (Lipinski definition) is 3. The summed E-state index contributed by atoms with van der Waals surface area (Å²) in [5, 5.41) is 2.87. The third-order valence-corrected chi connectivity index (χ3v) is 4.07. The molecule has 1 aromatic heterocycles. The quantitative estimate of drug-likeness (QED) is 0.870. The van der Waals surface area contributed by atoms with E-state index in [1.807, 2.05) is 32.0 Å². The fraction of sp³-hybridized carbons (Fsp3) is 0.350. The van der Waals surface area contributed by atoms with Crippen molar-refractivity contribution in [1.82, 2.24) is 9.88 Å². The molecule has 1 heterocycles. The first kappa shape index (κ1) is 18.6. The number of nitrogens with one attached hydrogen (secondary N) is 1. The van der Waals surface area contributed by atoms with Gasteiger partial charge in [0.05, 0.1) is 0 Å². The lowest BCUT2D eigenvalue weighted by molar-refractivity contribution is 0.0793. The molecule has 0 atom stereocenters. The lowest BCUT2D eigenvalue weighted by Crippen LogP contribution is -2.28. The monoisotopic (exact) mass is 339 g/mol. The van der Waals surface area contributed by atoms with Crippen LogP contribution in [-0.2, 0) is 0 Å². The second-order valence-corrected chi connectivity index (χ2v) is 6.28. The Morgan fingerprint density at radius 3 is 2.64 bits per heavy atom. The maximum atomic E-state index is 12.5. The van der Waals surface area contributed by atoms with Crippen molar-refractivity contribution in [2.45, 2.75) is 33.6 Å². The molecule has 0 aliphatic heterocycles. The molecule has 0 aliphatic rings. The van der Waals surface area contributed by atoms with Gasteiger partial charge in [0.1, 0.15) is 5.69 Å². The molecule has 2 aromatic rings. The molecule has 2 rings (SSSR count). The summed E-state index contributed by atoms with van der Waals surface area (Å²) in [5.74, 6) is -0.420. The first-order chi connectivity index (χ1) is 11.9. The zero-order valence-corrected chi connectivity index (χ0v) is 15.3. The number of pyridine rings is 1. The molecule has 5 heteroatoms. The van der Waals surface area contributed by atoms with Crippen LogP contribution in [-0.4, -0.2) is 35.3 Å². The van der Waals surface area contributed by atoms with Gasteiger partial charge in [-0.15, -0.1) is 0 Å². The standard InChI is InChI=1S/C20H25N3O2/c1-5-6-11-23(4)20(25)16-9-10-21-18(13-16)19(24)22-17-12-14(2)7-8-15(17)3/h7-10,12-13H,5-6,11H2,1-4H3,(H,22,24). The fourth-order valence-corrected chi connectivity index (χ4v) is 2.46. The van der Waals surface area contributed by atoms with Crippen molar-refractivity contribution in [3.05, 3.63) is 58.9 Å². The van der Waals surface area contributed by atoms with Crippen molar-refractivity contribution < 1.29 is 9.59 Å². The summed E-state index contributed by atoms with van der Waals surface area (Å²) in [5.41, 5.74) is 3.50. The summed E-state index contributed by atoms with van der Waals surface area (Å²) in [6, 6.07) is 9.06. The third-order valence-electron chi connectivity index (χ3n) is 4.07. The summed E-state index contributed by atoms with van der Waals surface area (Å²) in [4.78, 5) is 30.7. The van der Waals surface area contributed by atoms with Crippen molar-refractivity contribution in [3.63, 3.8) is 0 Å². The Kier molecular flexibility index (Phi) is 6.28. The van der Waals surface area contributed by atoms with Crippen LogP contribution in [0.25, 0.3) is 0 Å². The number of amides is 2. The first-order valence-electron chi connectivity index (χ1n) is 8.52. The van der Waals surface area contributed by atoms with Gasteiger partial charge in [0.15, 0.2) is 0 Å². The Bertz CT molecular complexity index is 771. The highest BCUT2D eigenvalue weighted by Crippen LogP contribution is 2.17. The minimum absolute atomic E-state index is 0.100. The predicted molar refractivity (Wildman–Crippen MR) is 100.0 cm³/mol.